The minimum absolute atomic E-state index is 0.0164. The summed E-state index contributed by atoms with van der Waals surface area (Å²) in [6.07, 6.45) is 0.756. The maximum Gasteiger partial charge on any atom is 0.338 e. The number of primary amides is 1. The summed E-state index contributed by atoms with van der Waals surface area (Å²) in [6, 6.07) is 5.20. The van der Waals surface area contributed by atoms with Gasteiger partial charge in [-0.05, 0) is 31.7 Å². The fourth-order valence-corrected chi connectivity index (χ4v) is 3.50. The smallest absolute Gasteiger partial charge is 0.338 e. The van der Waals surface area contributed by atoms with Gasteiger partial charge in [0.2, 0.25) is 0 Å². The van der Waals surface area contributed by atoms with Gasteiger partial charge in [0.15, 0.2) is 0 Å². The van der Waals surface area contributed by atoms with Crippen LogP contribution in [0.25, 0.3) is 0 Å². The molecule has 0 saturated heterocycles. The summed E-state index contributed by atoms with van der Waals surface area (Å²) >= 11 is 0. The first-order valence-electron chi connectivity index (χ1n) is 9.86. The van der Waals surface area contributed by atoms with Crippen molar-refractivity contribution < 1.29 is 14.7 Å². The summed E-state index contributed by atoms with van der Waals surface area (Å²) in [5, 5.41) is 9.68. The number of hydroxylamine groups is 2. The van der Waals surface area contributed by atoms with E-state index in [-0.39, 0.29) is 31.4 Å². The maximum atomic E-state index is 12.5. The van der Waals surface area contributed by atoms with E-state index in [1.54, 1.807) is 0 Å². The van der Waals surface area contributed by atoms with Crippen LogP contribution in [-0.2, 0) is 17.9 Å². The standard InChI is InChI=1S/C21H30N4O5/c1-13(2)18-17(11-16-9-14(3)8-15(4)10-16)24(21(28)23-19(18)26)12-30-7-5-6-25(29)20(22)27/h8-10,13,29H,5-7,11-12H2,1-4H3,(H2,22,27)(H,23,26,28). The molecule has 0 aliphatic carbocycles. The van der Waals surface area contributed by atoms with Crippen LogP contribution in [0.1, 0.15) is 54.1 Å². The summed E-state index contributed by atoms with van der Waals surface area (Å²) < 4.78 is 7.01. The number of amides is 2. The lowest BCUT2D eigenvalue weighted by atomic mass is 9.96. The largest absolute Gasteiger partial charge is 0.361 e. The van der Waals surface area contributed by atoms with Gasteiger partial charge in [-0.2, -0.15) is 0 Å². The molecule has 1 aromatic carbocycles. The van der Waals surface area contributed by atoms with Crippen molar-refractivity contribution in [2.75, 3.05) is 13.2 Å². The van der Waals surface area contributed by atoms with Crippen LogP contribution in [0, 0.1) is 13.8 Å². The number of hydrogen-bond donors (Lipinski definition) is 3. The first-order chi connectivity index (χ1) is 14.1. The van der Waals surface area contributed by atoms with Crippen LogP contribution in [0.5, 0.6) is 0 Å². The number of carbonyl (C=O) groups is 1. The normalized spacial score (nSPS) is 11.1. The summed E-state index contributed by atoms with van der Waals surface area (Å²) in [5.74, 6) is -0.0833. The van der Waals surface area contributed by atoms with E-state index in [4.69, 9.17) is 10.5 Å². The molecule has 0 saturated carbocycles. The third kappa shape index (κ3) is 6.04. The molecule has 2 amide bonds. The van der Waals surface area contributed by atoms with Crippen molar-refractivity contribution in [2.45, 2.75) is 53.2 Å². The number of H-pyrrole nitrogens is 1. The number of aromatic amines is 1. The second-order valence-corrected chi connectivity index (χ2v) is 7.73. The minimum Gasteiger partial charge on any atom is -0.361 e. The lowest BCUT2D eigenvalue weighted by molar-refractivity contribution is -0.0469. The van der Waals surface area contributed by atoms with Crippen molar-refractivity contribution in [2.24, 2.45) is 5.73 Å². The molecule has 0 unspecified atom stereocenters. The van der Waals surface area contributed by atoms with Gasteiger partial charge in [0, 0.05) is 17.7 Å². The van der Waals surface area contributed by atoms with Crippen molar-refractivity contribution >= 4 is 6.03 Å². The van der Waals surface area contributed by atoms with Gasteiger partial charge in [0.25, 0.3) is 5.56 Å². The van der Waals surface area contributed by atoms with E-state index in [9.17, 15) is 19.6 Å². The Kier molecular flexibility index (Phi) is 7.96. The predicted octanol–water partition coefficient (Wildman–Crippen LogP) is 2.00. The SMILES string of the molecule is Cc1cc(C)cc(Cc2c(C(C)C)c(=O)[nH]c(=O)n2COCCCN(O)C(N)=O)c1. The third-order valence-electron chi connectivity index (χ3n) is 4.71. The molecule has 0 fully saturated rings. The van der Waals surface area contributed by atoms with Crippen LogP contribution < -0.4 is 17.0 Å². The molecular formula is C21H30N4O5. The minimum atomic E-state index is -0.941. The number of aromatic nitrogens is 2. The van der Waals surface area contributed by atoms with Crippen LogP contribution in [0.2, 0.25) is 0 Å². The van der Waals surface area contributed by atoms with Crippen LogP contribution in [0.15, 0.2) is 27.8 Å². The molecule has 2 aromatic rings. The number of benzene rings is 1. The van der Waals surface area contributed by atoms with E-state index in [1.807, 2.05) is 39.8 Å². The van der Waals surface area contributed by atoms with Gasteiger partial charge in [-0.15, -0.1) is 0 Å². The number of rotatable bonds is 9. The highest BCUT2D eigenvalue weighted by molar-refractivity contribution is 5.70. The molecule has 2 rings (SSSR count). The van der Waals surface area contributed by atoms with Crippen LogP contribution in [0.3, 0.4) is 0 Å². The molecular weight excluding hydrogens is 388 g/mol. The highest BCUT2D eigenvalue weighted by atomic mass is 16.5. The third-order valence-corrected chi connectivity index (χ3v) is 4.71. The second kappa shape index (κ2) is 10.2. The zero-order valence-corrected chi connectivity index (χ0v) is 17.9. The zero-order chi connectivity index (χ0) is 22.4. The van der Waals surface area contributed by atoms with E-state index < -0.39 is 11.7 Å². The lowest BCUT2D eigenvalue weighted by Crippen LogP contribution is -2.37. The summed E-state index contributed by atoms with van der Waals surface area (Å²) in [7, 11) is 0. The van der Waals surface area contributed by atoms with Gasteiger partial charge >= 0.3 is 11.7 Å². The quantitative estimate of drug-likeness (QED) is 0.326. The predicted molar refractivity (Wildman–Crippen MR) is 113 cm³/mol. The molecule has 0 bridgehead atoms. The van der Waals surface area contributed by atoms with Crippen LogP contribution in [0.4, 0.5) is 4.79 Å². The van der Waals surface area contributed by atoms with Gasteiger partial charge in [-0.1, -0.05) is 43.2 Å². The Morgan fingerprint density at radius 2 is 1.87 bits per heavy atom. The molecule has 0 atom stereocenters. The topological polar surface area (TPSA) is 131 Å². The van der Waals surface area contributed by atoms with E-state index in [0.29, 0.717) is 29.2 Å². The van der Waals surface area contributed by atoms with Crippen LogP contribution in [-0.4, -0.2) is 39.0 Å². The molecule has 164 valence electrons. The highest BCUT2D eigenvalue weighted by Crippen LogP contribution is 2.19. The summed E-state index contributed by atoms with van der Waals surface area (Å²) in [4.78, 5) is 38.2. The number of hydrogen-bond acceptors (Lipinski definition) is 5. The number of urea groups is 1. The van der Waals surface area contributed by atoms with Gasteiger partial charge in [0.1, 0.15) is 6.73 Å². The first-order valence-corrected chi connectivity index (χ1v) is 9.86. The van der Waals surface area contributed by atoms with Crippen molar-refractivity contribution in [3.05, 3.63) is 67.0 Å². The average Bonchev–Trinajstić information content (AvgIpc) is 2.61. The Balaban J connectivity index is 2.30. The fraction of sp³-hybridized carbons (Fsp3) is 0.476. The highest BCUT2D eigenvalue weighted by Gasteiger charge is 2.18. The van der Waals surface area contributed by atoms with Gasteiger partial charge in [0.05, 0.1) is 13.2 Å². The molecule has 0 spiro atoms. The monoisotopic (exact) mass is 418 g/mol. The Labute approximate surface area is 175 Å². The number of aryl methyl sites for hydroxylation is 2. The average molecular weight is 418 g/mol. The first kappa shape index (κ1) is 23.4. The molecule has 4 N–H and O–H groups in total. The Hall–Kier alpha value is -2.91. The molecule has 0 aliphatic heterocycles. The fourth-order valence-electron chi connectivity index (χ4n) is 3.50. The Morgan fingerprint density at radius 3 is 2.43 bits per heavy atom. The van der Waals surface area contributed by atoms with Gasteiger partial charge in [-0.25, -0.2) is 14.7 Å². The van der Waals surface area contributed by atoms with E-state index in [0.717, 1.165) is 16.7 Å². The molecule has 9 heteroatoms. The van der Waals surface area contributed by atoms with Crippen molar-refractivity contribution in [1.82, 2.24) is 14.6 Å². The van der Waals surface area contributed by atoms with Gasteiger partial charge in [-0.3, -0.25) is 19.6 Å². The summed E-state index contributed by atoms with van der Waals surface area (Å²) in [5.41, 5.74) is 8.41. The van der Waals surface area contributed by atoms with E-state index in [1.165, 1.54) is 4.57 Å². The van der Waals surface area contributed by atoms with E-state index >= 15 is 0 Å². The zero-order valence-electron chi connectivity index (χ0n) is 17.9. The molecule has 0 aliphatic rings. The lowest BCUT2D eigenvalue weighted by Gasteiger charge is -2.19. The number of nitrogens with zero attached hydrogens (tertiary/aromatic N) is 2. The molecule has 9 nitrogen and oxygen atoms in total. The molecule has 0 radical (unpaired) electrons. The van der Waals surface area contributed by atoms with Crippen molar-refractivity contribution in [3.63, 3.8) is 0 Å². The molecule has 30 heavy (non-hydrogen) atoms. The maximum absolute atomic E-state index is 12.5. The number of nitrogens with two attached hydrogens (primary N) is 1. The van der Waals surface area contributed by atoms with E-state index in [2.05, 4.69) is 11.1 Å². The second-order valence-electron chi connectivity index (χ2n) is 7.73. The van der Waals surface area contributed by atoms with Crippen molar-refractivity contribution in [3.8, 4) is 0 Å². The van der Waals surface area contributed by atoms with Crippen molar-refractivity contribution in [1.29, 1.82) is 0 Å². The molecule has 1 heterocycles. The van der Waals surface area contributed by atoms with Gasteiger partial charge < -0.3 is 10.5 Å². The number of carbonyl (C=O) groups excluding carboxylic acids is 1. The number of nitrogens with one attached hydrogen (secondary N) is 1. The Bertz CT molecular complexity index is 989. The number of ether oxygens (including phenoxy) is 1. The molecule has 1 aromatic heterocycles. The Morgan fingerprint density at radius 1 is 1.23 bits per heavy atom. The van der Waals surface area contributed by atoms with Crippen LogP contribution >= 0.6 is 0 Å². The summed E-state index contributed by atoms with van der Waals surface area (Å²) in [6.45, 7) is 7.97.